The van der Waals surface area contributed by atoms with Crippen LogP contribution < -0.4 is 4.74 Å². The molecule has 25 heavy (non-hydrogen) atoms. The summed E-state index contributed by atoms with van der Waals surface area (Å²) in [6, 6.07) is 11.5. The first-order chi connectivity index (χ1) is 11.9. The van der Waals surface area contributed by atoms with Crippen molar-refractivity contribution in [3.63, 3.8) is 0 Å². The zero-order valence-corrected chi connectivity index (χ0v) is 15.2. The molecule has 0 aromatic heterocycles. The molecular formula is C19H20Cl2FNO2. The molecule has 1 saturated heterocycles. The van der Waals surface area contributed by atoms with E-state index < -0.39 is 5.60 Å². The third kappa shape index (κ3) is 5.08. The van der Waals surface area contributed by atoms with Crippen molar-refractivity contribution in [1.82, 2.24) is 4.90 Å². The van der Waals surface area contributed by atoms with Crippen molar-refractivity contribution in [2.75, 3.05) is 19.7 Å². The zero-order chi connectivity index (χ0) is 17.9. The van der Waals surface area contributed by atoms with Gasteiger partial charge in [0.15, 0.2) is 0 Å². The summed E-state index contributed by atoms with van der Waals surface area (Å²) < 4.78 is 18.9. The van der Waals surface area contributed by atoms with Crippen LogP contribution in [0.4, 0.5) is 4.39 Å². The second-order valence-corrected chi connectivity index (χ2v) is 7.36. The number of likely N-dealkylation sites (tertiary alicyclic amines) is 1. The van der Waals surface area contributed by atoms with Crippen LogP contribution >= 0.6 is 23.2 Å². The molecule has 1 heterocycles. The summed E-state index contributed by atoms with van der Waals surface area (Å²) in [6.45, 7) is 2.09. The van der Waals surface area contributed by atoms with E-state index in [9.17, 15) is 9.50 Å². The molecule has 0 saturated carbocycles. The fraction of sp³-hybridized carbons (Fsp3) is 0.368. The summed E-state index contributed by atoms with van der Waals surface area (Å²) in [7, 11) is 0. The van der Waals surface area contributed by atoms with Gasteiger partial charge < -0.3 is 9.84 Å². The molecular weight excluding hydrogens is 364 g/mol. The summed E-state index contributed by atoms with van der Waals surface area (Å²) in [5.74, 6) is 0.290. The van der Waals surface area contributed by atoms with Gasteiger partial charge in [-0.05, 0) is 55.3 Å². The van der Waals surface area contributed by atoms with Gasteiger partial charge in [-0.15, -0.1) is 0 Å². The minimum Gasteiger partial charge on any atom is -0.490 e. The van der Waals surface area contributed by atoms with Gasteiger partial charge in [0.05, 0.1) is 0 Å². The maximum absolute atomic E-state index is 13.2. The van der Waals surface area contributed by atoms with Crippen molar-refractivity contribution in [2.45, 2.75) is 25.0 Å². The van der Waals surface area contributed by atoms with Gasteiger partial charge in [-0.1, -0.05) is 35.3 Å². The fourth-order valence-corrected chi connectivity index (χ4v) is 3.53. The molecule has 0 spiro atoms. The minimum atomic E-state index is -0.937. The molecule has 3 rings (SSSR count). The SMILES string of the molecule is OC1(COc2cccc(Cl)c2)CCCN(Cc2ccc(F)cc2Cl)C1. The summed E-state index contributed by atoms with van der Waals surface area (Å²) in [5, 5.41) is 11.9. The molecule has 134 valence electrons. The molecule has 2 aromatic rings. The van der Waals surface area contributed by atoms with E-state index in [2.05, 4.69) is 4.90 Å². The smallest absolute Gasteiger partial charge is 0.124 e. The monoisotopic (exact) mass is 383 g/mol. The highest BCUT2D eigenvalue weighted by Gasteiger charge is 2.34. The van der Waals surface area contributed by atoms with E-state index in [-0.39, 0.29) is 12.4 Å². The quantitative estimate of drug-likeness (QED) is 0.822. The van der Waals surface area contributed by atoms with E-state index in [1.807, 2.05) is 12.1 Å². The Labute approximate surface area is 156 Å². The maximum Gasteiger partial charge on any atom is 0.124 e. The Morgan fingerprint density at radius 2 is 2.04 bits per heavy atom. The van der Waals surface area contributed by atoms with Crippen LogP contribution in [0.15, 0.2) is 42.5 Å². The van der Waals surface area contributed by atoms with Gasteiger partial charge in [0.2, 0.25) is 0 Å². The van der Waals surface area contributed by atoms with Crippen molar-refractivity contribution < 1.29 is 14.2 Å². The highest BCUT2D eigenvalue weighted by molar-refractivity contribution is 6.31. The van der Waals surface area contributed by atoms with Gasteiger partial charge in [-0.25, -0.2) is 4.39 Å². The molecule has 0 radical (unpaired) electrons. The lowest BCUT2D eigenvalue weighted by Gasteiger charge is -2.39. The first-order valence-electron chi connectivity index (χ1n) is 8.21. The van der Waals surface area contributed by atoms with Crippen LogP contribution in [-0.2, 0) is 6.54 Å². The number of hydrogen-bond acceptors (Lipinski definition) is 3. The first kappa shape index (κ1) is 18.5. The molecule has 0 amide bonds. The number of benzene rings is 2. The van der Waals surface area contributed by atoms with Crippen molar-refractivity contribution in [3.05, 3.63) is 63.9 Å². The highest BCUT2D eigenvalue weighted by Crippen LogP contribution is 2.27. The number of piperidine rings is 1. The van der Waals surface area contributed by atoms with Gasteiger partial charge in [0.25, 0.3) is 0 Å². The van der Waals surface area contributed by atoms with Crippen molar-refractivity contribution >= 4 is 23.2 Å². The van der Waals surface area contributed by atoms with Crippen LogP contribution in [0.2, 0.25) is 10.0 Å². The first-order valence-corrected chi connectivity index (χ1v) is 8.96. The van der Waals surface area contributed by atoms with E-state index >= 15 is 0 Å². The molecule has 3 nitrogen and oxygen atoms in total. The largest absolute Gasteiger partial charge is 0.490 e. The van der Waals surface area contributed by atoms with E-state index in [1.54, 1.807) is 18.2 Å². The molecule has 0 aliphatic carbocycles. The number of hydrogen-bond donors (Lipinski definition) is 1. The Morgan fingerprint density at radius 3 is 2.80 bits per heavy atom. The fourth-order valence-electron chi connectivity index (χ4n) is 3.12. The number of nitrogens with zero attached hydrogens (tertiary/aromatic N) is 1. The third-order valence-electron chi connectivity index (χ3n) is 4.35. The molecule has 1 aliphatic rings. The predicted molar refractivity (Wildman–Crippen MR) is 97.8 cm³/mol. The summed E-state index contributed by atoms with van der Waals surface area (Å²) in [5.41, 5.74) is -0.0874. The summed E-state index contributed by atoms with van der Waals surface area (Å²) in [6.07, 6.45) is 1.52. The van der Waals surface area contributed by atoms with Crippen LogP contribution in [0.25, 0.3) is 0 Å². The number of halogens is 3. The van der Waals surface area contributed by atoms with Crippen molar-refractivity contribution in [3.8, 4) is 5.75 Å². The van der Waals surface area contributed by atoms with Gasteiger partial charge in [0, 0.05) is 23.1 Å². The molecule has 6 heteroatoms. The number of aliphatic hydroxyl groups is 1. The van der Waals surface area contributed by atoms with E-state index in [0.717, 1.165) is 18.5 Å². The van der Waals surface area contributed by atoms with E-state index in [0.29, 0.717) is 35.3 Å². The van der Waals surface area contributed by atoms with Gasteiger partial charge in [-0.2, -0.15) is 0 Å². The lowest BCUT2D eigenvalue weighted by atomic mass is 9.93. The average Bonchev–Trinajstić information content (AvgIpc) is 2.56. The van der Waals surface area contributed by atoms with Crippen LogP contribution in [-0.4, -0.2) is 35.3 Å². The second kappa shape index (κ2) is 7.92. The number of β-amino-alcohol motifs (C(OH)–C–C–N with tert-alkyl or cyclic N) is 1. The van der Waals surface area contributed by atoms with Gasteiger partial charge in [-0.3, -0.25) is 4.90 Å². The second-order valence-electron chi connectivity index (χ2n) is 6.52. The van der Waals surface area contributed by atoms with Crippen LogP contribution in [0.5, 0.6) is 5.75 Å². The van der Waals surface area contributed by atoms with Gasteiger partial charge >= 0.3 is 0 Å². The number of rotatable bonds is 5. The normalized spacial score (nSPS) is 21.3. The van der Waals surface area contributed by atoms with Gasteiger partial charge in [0.1, 0.15) is 23.8 Å². The lowest BCUT2D eigenvalue weighted by Crippen LogP contribution is -2.51. The Hall–Kier alpha value is -1.33. The van der Waals surface area contributed by atoms with Crippen molar-refractivity contribution in [2.24, 2.45) is 0 Å². The third-order valence-corrected chi connectivity index (χ3v) is 4.93. The summed E-state index contributed by atoms with van der Waals surface area (Å²) in [4.78, 5) is 2.12. The van der Waals surface area contributed by atoms with E-state index in [4.69, 9.17) is 27.9 Å². The lowest BCUT2D eigenvalue weighted by molar-refractivity contribution is -0.0621. The average molecular weight is 384 g/mol. The van der Waals surface area contributed by atoms with E-state index in [1.165, 1.54) is 12.1 Å². The minimum absolute atomic E-state index is 0.195. The molecule has 1 N–H and O–H groups in total. The molecule has 2 aromatic carbocycles. The Morgan fingerprint density at radius 1 is 1.20 bits per heavy atom. The topological polar surface area (TPSA) is 32.7 Å². The van der Waals surface area contributed by atoms with Crippen LogP contribution in [0.3, 0.4) is 0 Å². The number of ether oxygens (including phenoxy) is 1. The molecule has 1 aliphatic heterocycles. The molecule has 1 unspecified atom stereocenters. The molecule has 1 fully saturated rings. The maximum atomic E-state index is 13.2. The Balaban J connectivity index is 1.61. The standard InChI is InChI=1S/C19H20Cl2FNO2/c20-15-3-1-4-17(9-15)25-13-19(24)7-2-8-23(12-19)11-14-5-6-16(22)10-18(14)21/h1,3-6,9-10,24H,2,7-8,11-13H2. The molecule has 0 bridgehead atoms. The predicted octanol–water partition coefficient (Wildman–Crippen LogP) is 4.54. The molecule has 1 atom stereocenters. The van der Waals surface area contributed by atoms with Crippen molar-refractivity contribution in [1.29, 1.82) is 0 Å². The summed E-state index contributed by atoms with van der Waals surface area (Å²) >= 11 is 12.1. The highest BCUT2D eigenvalue weighted by atomic mass is 35.5. The Bertz CT molecular complexity index is 743. The zero-order valence-electron chi connectivity index (χ0n) is 13.7. The van der Waals surface area contributed by atoms with Crippen LogP contribution in [0.1, 0.15) is 18.4 Å². The van der Waals surface area contributed by atoms with Crippen LogP contribution in [0, 0.1) is 5.82 Å². The Kier molecular flexibility index (Phi) is 5.85.